The molecule has 0 amide bonds. The molecule has 2 aromatic heterocycles. The third kappa shape index (κ3) is 5.47. The van der Waals surface area contributed by atoms with Gasteiger partial charge in [-0.3, -0.25) is 4.99 Å². The molecule has 0 atom stereocenters. The fourth-order valence-electron chi connectivity index (χ4n) is 3.13. The van der Waals surface area contributed by atoms with E-state index in [9.17, 15) is 8.42 Å². The van der Waals surface area contributed by atoms with Gasteiger partial charge in [0.2, 0.25) is 10.0 Å². The van der Waals surface area contributed by atoms with Crippen LogP contribution in [0, 0.1) is 13.8 Å². The van der Waals surface area contributed by atoms with E-state index in [-0.39, 0.29) is 29.7 Å². The van der Waals surface area contributed by atoms with Gasteiger partial charge in [-0.15, -0.1) is 24.0 Å². The number of furan rings is 1. The normalized spacial score (nSPS) is 16.1. The predicted octanol–water partition coefficient (Wildman–Crippen LogP) is 1.73. The molecule has 1 saturated heterocycles. The van der Waals surface area contributed by atoms with E-state index in [1.807, 2.05) is 19.9 Å². The van der Waals surface area contributed by atoms with E-state index in [1.54, 1.807) is 13.1 Å². The van der Waals surface area contributed by atoms with Crippen molar-refractivity contribution in [2.24, 2.45) is 4.99 Å². The van der Waals surface area contributed by atoms with Gasteiger partial charge in [0, 0.05) is 51.4 Å². The van der Waals surface area contributed by atoms with Crippen LogP contribution >= 0.6 is 24.0 Å². The van der Waals surface area contributed by atoms with Gasteiger partial charge in [-0.25, -0.2) is 8.42 Å². The fraction of sp³-hybridized carbons (Fsp3) is 0.529. The molecule has 156 valence electrons. The molecular weight excluding hydrogens is 497 g/mol. The lowest BCUT2D eigenvalue weighted by atomic mass is 10.2. The number of aryl methyl sites for hydroxylation is 2. The Morgan fingerprint density at radius 2 is 2.00 bits per heavy atom. The Hall–Kier alpha value is -1.60. The van der Waals surface area contributed by atoms with Crippen LogP contribution in [0.25, 0.3) is 0 Å². The molecule has 11 heteroatoms. The van der Waals surface area contributed by atoms with Crippen molar-refractivity contribution in [1.29, 1.82) is 0 Å². The van der Waals surface area contributed by atoms with Crippen molar-refractivity contribution in [3.8, 4) is 0 Å². The van der Waals surface area contributed by atoms with E-state index in [2.05, 4.69) is 20.4 Å². The van der Waals surface area contributed by atoms with Crippen molar-refractivity contribution >= 4 is 40.0 Å². The number of halogens is 1. The number of hydrogen-bond acceptors (Lipinski definition) is 6. The van der Waals surface area contributed by atoms with Crippen molar-refractivity contribution in [3.05, 3.63) is 41.2 Å². The highest BCUT2D eigenvalue weighted by Gasteiger charge is 2.29. The van der Waals surface area contributed by atoms with Crippen LogP contribution in [0.4, 0.5) is 0 Å². The summed E-state index contributed by atoms with van der Waals surface area (Å²) in [5.41, 5.74) is 1.50. The molecule has 9 nitrogen and oxygen atoms in total. The molecule has 3 heterocycles. The first kappa shape index (κ1) is 22.7. The molecule has 0 unspecified atom stereocenters. The van der Waals surface area contributed by atoms with E-state index in [4.69, 9.17) is 8.94 Å². The Morgan fingerprint density at radius 3 is 2.54 bits per heavy atom. The van der Waals surface area contributed by atoms with Crippen LogP contribution in [-0.2, 0) is 22.3 Å². The molecule has 28 heavy (non-hydrogen) atoms. The molecule has 0 bridgehead atoms. The lowest BCUT2D eigenvalue weighted by molar-refractivity contribution is 0.259. The Labute approximate surface area is 182 Å². The molecule has 1 aliphatic rings. The van der Waals surface area contributed by atoms with Crippen LogP contribution in [-0.4, -0.2) is 62.0 Å². The van der Waals surface area contributed by atoms with E-state index in [1.165, 1.54) is 10.6 Å². The van der Waals surface area contributed by atoms with Crippen LogP contribution in [0.5, 0.6) is 0 Å². The predicted molar refractivity (Wildman–Crippen MR) is 116 cm³/mol. The number of nitrogens with one attached hydrogen (secondary N) is 1. The number of guanidine groups is 1. The maximum Gasteiger partial charge on any atom is 0.220 e. The SMILES string of the molecule is CN=C(NCc1cc(C)oc1C)N1CCN(S(=O)(=O)Cc2ccon2)CC1.I. The van der Waals surface area contributed by atoms with Crippen molar-refractivity contribution in [3.63, 3.8) is 0 Å². The first-order valence-corrected chi connectivity index (χ1v) is 10.4. The maximum atomic E-state index is 12.5. The molecule has 0 aliphatic carbocycles. The monoisotopic (exact) mass is 523 g/mol. The quantitative estimate of drug-likeness (QED) is 0.362. The fourth-order valence-corrected chi connectivity index (χ4v) is 4.56. The summed E-state index contributed by atoms with van der Waals surface area (Å²) >= 11 is 0. The van der Waals surface area contributed by atoms with Crippen LogP contribution in [0.1, 0.15) is 22.8 Å². The van der Waals surface area contributed by atoms with E-state index in [0.29, 0.717) is 38.4 Å². The molecule has 2 aromatic rings. The first-order valence-electron chi connectivity index (χ1n) is 8.77. The second-order valence-electron chi connectivity index (χ2n) is 6.47. The number of aliphatic imine (C=N–C) groups is 1. The van der Waals surface area contributed by atoms with Crippen molar-refractivity contribution < 1.29 is 17.4 Å². The minimum absolute atomic E-state index is 0. The number of hydrogen-bond donors (Lipinski definition) is 1. The molecule has 1 aliphatic heterocycles. The first-order chi connectivity index (χ1) is 12.9. The van der Waals surface area contributed by atoms with Crippen molar-refractivity contribution in [2.45, 2.75) is 26.1 Å². The van der Waals surface area contributed by atoms with Gasteiger partial charge in [0.05, 0.1) is 5.69 Å². The summed E-state index contributed by atoms with van der Waals surface area (Å²) in [6.45, 7) is 6.42. The summed E-state index contributed by atoms with van der Waals surface area (Å²) in [5.74, 6) is 2.38. The standard InChI is InChI=1S/C17H25N5O4S.HI/c1-13-10-15(14(2)26-13)11-19-17(18-3)21-5-7-22(8-6-21)27(23,24)12-16-4-9-25-20-16;/h4,9-10H,5-8,11-12H2,1-3H3,(H,18,19);1H. The Kier molecular flexibility index (Phi) is 7.89. The highest BCUT2D eigenvalue weighted by atomic mass is 127. The summed E-state index contributed by atoms with van der Waals surface area (Å²) < 4.78 is 36.8. The minimum Gasteiger partial charge on any atom is -0.466 e. The topological polar surface area (TPSA) is 104 Å². The van der Waals surface area contributed by atoms with Gasteiger partial charge in [-0.1, -0.05) is 5.16 Å². The van der Waals surface area contributed by atoms with Crippen LogP contribution in [0.2, 0.25) is 0 Å². The zero-order valence-corrected chi connectivity index (χ0v) is 19.4. The summed E-state index contributed by atoms with van der Waals surface area (Å²) in [5, 5.41) is 7.01. The molecule has 0 saturated carbocycles. The average molecular weight is 523 g/mol. The lowest BCUT2D eigenvalue weighted by Gasteiger charge is -2.35. The summed E-state index contributed by atoms with van der Waals surface area (Å²) in [4.78, 5) is 6.38. The van der Waals surface area contributed by atoms with Gasteiger partial charge in [-0.05, 0) is 19.9 Å². The van der Waals surface area contributed by atoms with Gasteiger partial charge in [0.25, 0.3) is 0 Å². The number of nitrogens with zero attached hydrogens (tertiary/aromatic N) is 4. The number of aromatic nitrogens is 1. The smallest absolute Gasteiger partial charge is 0.220 e. The molecule has 0 spiro atoms. The largest absolute Gasteiger partial charge is 0.466 e. The molecule has 3 rings (SSSR count). The zero-order valence-electron chi connectivity index (χ0n) is 16.2. The number of sulfonamides is 1. The van der Waals surface area contributed by atoms with E-state index in [0.717, 1.165) is 23.0 Å². The second kappa shape index (κ2) is 9.74. The summed E-state index contributed by atoms with van der Waals surface area (Å²) in [7, 11) is -1.68. The van der Waals surface area contributed by atoms with Crippen molar-refractivity contribution in [2.75, 3.05) is 33.2 Å². The van der Waals surface area contributed by atoms with Gasteiger partial charge < -0.3 is 19.2 Å². The van der Waals surface area contributed by atoms with E-state index >= 15 is 0 Å². The van der Waals surface area contributed by atoms with Gasteiger partial charge in [0.15, 0.2) is 5.96 Å². The Bertz CT molecular complexity index is 887. The maximum absolute atomic E-state index is 12.5. The van der Waals surface area contributed by atoms with Crippen molar-refractivity contribution in [1.82, 2.24) is 19.7 Å². The van der Waals surface area contributed by atoms with Crippen LogP contribution < -0.4 is 5.32 Å². The van der Waals surface area contributed by atoms with Gasteiger partial charge in [0.1, 0.15) is 23.5 Å². The zero-order chi connectivity index (χ0) is 19.4. The van der Waals surface area contributed by atoms with Crippen LogP contribution in [0.15, 0.2) is 32.3 Å². The Balaban J connectivity index is 0.00000280. The second-order valence-corrected chi connectivity index (χ2v) is 8.44. The van der Waals surface area contributed by atoms with Gasteiger partial charge >= 0.3 is 0 Å². The third-order valence-electron chi connectivity index (χ3n) is 4.55. The number of rotatable bonds is 5. The Morgan fingerprint density at radius 1 is 1.29 bits per heavy atom. The third-order valence-corrected chi connectivity index (χ3v) is 6.36. The summed E-state index contributed by atoms with van der Waals surface area (Å²) in [6, 6.07) is 3.57. The highest BCUT2D eigenvalue weighted by Crippen LogP contribution is 2.15. The molecule has 0 radical (unpaired) electrons. The molecule has 0 aromatic carbocycles. The average Bonchev–Trinajstić information content (AvgIpc) is 3.24. The molecular formula is C17H26IN5O4S. The van der Waals surface area contributed by atoms with Gasteiger partial charge in [-0.2, -0.15) is 4.31 Å². The minimum atomic E-state index is -3.41. The number of piperazine rings is 1. The van der Waals surface area contributed by atoms with Crippen LogP contribution in [0.3, 0.4) is 0 Å². The highest BCUT2D eigenvalue weighted by molar-refractivity contribution is 14.0. The lowest BCUT2D eigenvalue weighted by Crippen LogP contribution is -2.53. The molecule has 1 fully saturated rings. The summed E-state index contributed by atoms with van der Waals surface area (Å²) in [6.07, 6.45) is 1.38. The van der Waals surface area contributed by atoms with E-state index < -0.39 is 10.0 Å². The molecule has 1 N–H and O–H groups in total.